The van der Waals surface area contributed by atoms with E-state index < -0.39 is 0 Å². The van der Waals surface area contributed by atoms with Gasteiger partial charge < -0.3 is 5.32 Å². The van der Waals surface area contributed by atoms with Crippen LogP contribution in [0.15, 0.2) is 84.9 Å². The van der Waals surface area contributed by atoms with Crippen LogP contribution in [0.2, 0.25) is 0 Å². The van der Waals surface area contributed by atoms with Crippen molar-refractivity contribution in [1.82, 2.24) is 20.5 Å². The number of H-pyrrole nitrogens is 1. The number of aryl methyl sites for hydroxylation is 1. The van der Waals surface area contributed by atoms with E-state index in [1.807, 2.05) is 91.9 Å². The Kier molecular flexibility index (Phi) is 5.33. The highest BCUT2D eigenvalue weighted by Gasteiger charge is 2.18. The third kappa shape index (κ3) is 4.32. The van der Waals surface area contributed by atoms with E-state index in [-0.39, 0.29) is 12.6 Å². The molecule has 144 valence electrons. The lowest BCUT2D eigenvalue weighted by atomic mass is 10.1. The molecule has 0 aliphatic heterocycles. The zero-order valence-electron chi connectivity index (χ0n) is 16.0. The van der Waals surface area contributed by atoms with E-state index in [4.69, 9.17) is 0 Å². The van der Waals surface area contributed by atoms with Gasteiger partial charge in [0.15, 0.2) is 5.82 Å². The molecule has 0 spiro atoms. The smallest absolute Gasteiger partial charge is 0.326 e. The Morgan fingerprint density at radius 3 is 2.07 bits per heavy atom. The Balaban J connectivity index is 1.49. The van der Waals surface area contributed by atoms with Gasteiger partial charge in [-0.1, -0.05) is 66.2 Å². The van der Waals surface area contributed by atoms with Crippen molar-refractivity contribution in [3.05, 3.63) is 96.3 Å². The summed E-state index contributed by atoms with van der Waals surface area (Å²) >= 11 is 0. The largest absolute Gasteiger partial charge is 0.330 e. The fourth-order valence-electron chi connectivity index (χ4n) is 2.98. The molecule has 0 saturated carbocycles. The third-order valence-corrected chi connectivity index (χ3v) is 4.48. The molecule has 0 aliphatic rings. The zero-order chi connectivity index (χ0) is 20.1. The van der Waals surface area contributed by atoms with Gasteiger partial charge in [0.1, 0.15) is 5.82 Å². The zero-order valence-corrected chi connectivity index (χ0v) is 16.0. The Morgan fingerprint density at radius 2 is 1.48 bits per heavy atom. The van der Waals surface area contributed by atoms with Crippen LogP contribution in [0.3, 0.4) is 0 Å². The maximum absolute atomic E-state index is 13.0. The maximum Gasteiger partial charge on any atom is 0.326 e. The van der Waals surface area contributed by atoms with Gasteiger partial charge in [-0.3, -0.25) is 10.00 Å². The van der Waals surface area contributed by atoms with Gasteiger partial charge in [-0.25, -0.2) is 9.78 Å². The van der Waals surface area contributed by atoms with Crippen LogP contribution in [0.1, 0.15) is 11.4 Å². The predicted octanol–water partition coefficient (Wildman–Crippen LogP) is 4.83. The highest BCUT2D eigenvalue weighted by atomic mass is 16.2. The molecule has 6 nitrogen and oxygen atoms in total. The molecule has 4 rings (SSSR count). The van der Waals surface area contributed by atoms with Gasteiger partial charge in [-0.15, -0.1) is 0 Å². The van der Waals surface area contributed by atoms with E-state index >= 15 is 0 Å². The van der Waals surface area contributed by atoms with Crippen molar-refractivity contribution in [3.8, 4) is 11.4 Å². The lowest BCUT2D eigenvalue weighted by molar-refractivity contribution is 0.248. The highest BCUT2D eigenvalue weighted by molar-refractivity contribution is 5.99. The minimum atomic E-state index is -0.240. The summed E-state index contributed by atoms with van der Waals surface area (Å²) in [6.07, 6.45) is 0. The SMILES string of the molecule is Cc1ccc(-c2n[nH]c(CNC(=O)N(c3ccccc3)c3ccccc3)n2)cc1. The number of hydrogen-bond acceptors (Lipinski definition) is 3. The topological polar surface area (TPSA) is 73.9 Å². The van der Waals surface area contributed by atoms with Crippen molar-refractivity contribution in [2.75, 3.05) is 4.90 Å². The van der Waals surface area contributed by atoms with E-state index in [1.54, 1.807) is 4.90 Å². The first-order valence-corrected chi connectivity index (χ1v) is 9.37. The minimum Gasteiger partial charge on any atom is -0.330 e. The molecule has 3 aromatic carbocycles. The summed E-state index contributed by atoms with van der Waals surface area (Å²) in [4.78, 5) is 19.1. The summed E-state index contributed by atoms with van der Waals surface area (Å²) < 4.78 is 0. The molecule has 29 heavy (non-hydrogen) atoms. The van der Waals surface area contributed by atoms with E-state index in [9.17, 15) is 4.79 Å². The fourth-order valence-corrected chi connectivity index (χ4v) is 2.98. The third-order valence-electron chi connectivity index (χ3n) is 4.48. The van der Waals surface area contributed by atoms with E-state index in [0.717, 1.165) is 16.9 Å². The second-order valence-corrected chi connectivity index (χ2v) is 6.64. The highest BCUT2D eigenvalue weighted by Crippen LogP contribution is 2.25. The summed E-state index contributed by atoms with van der Waals surface area (Å²) in [6, 6.07) is 26.8. The summed E-state index contributed by atoms with van der Waals surface area (Å²) in [5.41, 5.74) is 3.68. The number of hydrogen-bond donors (Lipinski definition) is 2. The van der Waals surface area contributed by atoms with Crippen LogP contribution in [0.25, 0.3) is 11.4 Å². The average Bonchev–Trinajstić information content (AvgIpc) is 3.24. The van der Waals surface area contributed by atoms with Crippen molar-refractivity contribution in [2.24, 2.45) is 0 Å². The van der Waals surface area contributed by atoms with E-state index in [2.05, 4.69) is 20.5 Å². The number of benzene rings is 3. The summed E-state index contributed by atoms with van der Waals surface area (Å²) in [7, 11) is 0. The van der Waals surface area contributed by atoms with Gasteiger partial charge in [0.25, 0.3) is 0 Å². The standard InChI is InChI=1S/C23H21N5O/c1-17-12-14-18(15-13-17)22-25-21(26-27-22)16-24-23(29)28(19-8-4-2-5-9-19)20-10-6-3-7-11-20/h2-15H,16H2,1H3,(H,24,29)(H,25,26,27). The molecule has 0 aliphatic carbocycles. The molecule has 1 aromatic heterocycles. The molecule has 0 saturated heterocycles. The molecule has 2 N–H and O–H groups in total. The first-order chi connectivity index (χ1) is 14.2. The molecule has 6 heteroatoms. The first-order valence-electron chi connectivity index (χ1n) is 9.37. The maximum atomic E-state index is 13.0. The number of para-hydroxylation sites is 2. The monoisotopic (exact) mass is 383 g/mol. The second kappa shape index (κ2) is 8.39. The second-order valence-electron chi connectivity index (χ2n) is 6.64. The van der Waals surface area contributed by atoms with Crippen LogP contribution in [0.4, 0.5) is 16.2 Å². The normalized spacial score (nSPS) is 10.5. The van der Waals surface area contributed by atoms with Crippen molar-refractivity contribution >= 4 is 17.4 Å². The number of rotatable bonds is 5. The van der Waals surface area contributed by atoms with E-state index in [1.165, 1.54) is 5.56 Å². The Morgan fingerprint density at radius 1 is 0.897 bits per heavy atom. The quantitative estimate of drug-likeness (QED) is 0.518. The van der Waals surface area contributed by atoms with Gasteiger partial charge >= 0.3 is 6.03 Å². The molecular weight excluding hydrogens is 362 g/mol. The molecule has 0 fully saturated rings. The molecule has 0 bridgehead atoms. The molecule has 2 amide bonds. The molecule has 0 atom stereocenters. The predicted molar refractivity (Wildman–Crippen MR) is 114 cm³/mol. The van der Waals surface area contributed by atoms with Crippen LogP contribution in [-0.2, 0) is 6.54 Å². The van der Waals surface area contributed by atoms with Crippen molar-refractivity contribution < 1.29 is 4.79 Å². The molecule has 4 aromatic rings. The molecule has 0 unspecified atom stereocenters. The summed E-state index contributed by atoms with van der Waals surface area (Å²) in [5.74, 6) is 1.20. The molecular formula is C23H21N5O. The molecule has 1 heterocycles. The fraction of sp³-hybridized carbons (Fsp3) is 0.0870. The van der Waals surface area contributed by atoms with Gasteiger partial charge in [0, 0.05) is 5.56 Å². The van der Waals surface area contributed by atoms with Gasteiger partial charge in [0.05, 0.1) is 17.9 Å². The number of nitrogens with zero attached hydrogens (tertiary/aromatic N) is 3. The number of carbonyl (C=O) groups excluding carboxylic acids is 1. The number of anilines is 2. The van der Waals surface area contributed by atoms with E-state index in [0.29, 0.717) is 11.6 Å². The van der Waals surface area contributed by atoms with Crippen LogP contribution >= 0.6 is 0 Å². The summed E-state index contributed by atoms with van der Waals surface area (Å²) in [6.45, 7) is 2.28. The number of urea groups is 1. The summed E-state index contributed by atoms with van der Waals surface area (Å²) in [5, 5.41) is 10.1. The van der Waals surface area contributed by atoms with Crippen LogP contribution in [0.5, 0.6) is 0 Å². The van der Waals surface area contributed by atoms with Crippen molar-refractivity contribution in [2.45, 2.75) is 13.5 Å². The van der Waals surface area contributed by atoms with Crippen molar-refractivity contribution in [1.29, 1.82) is 0 Å². The van der Waals surface area contributed by atoms with Gasteiger partial charge in [-0.2, -0.15) is 5.10 Å². The van der Waals surface area contributed by atoms with Crippen molar-refractivity contribution in [3.63, 3.8) is 0 Å². The van der Waals surface area contributed by atoms with Crippen LogP contribution < -0.4 is 10.2 Å². The Labute approximate surface area is 169 Å². The number of aromatic amines is 1. The van der Waals surface area contributed by atoms with Gasteiger partial charge in [0.2, 0.25) is 0 Å². The Hall–Kier alpha value is -3.93. The minimum absolute atomic E-state index is 0.240. The number of amides is 2. The number of carbonyl (C=O) groups is 1. The van der Waals surface area contributed by atoms with Gasteiger partial charge in [-0.05, 0) is 31.2 Å². The number of nitrogens with one attached hydrogen (secondary N) is 2. The first kappa shape index (κ1) is 18.4. The Bertz CT molecular complexity index is 1040. The molecule has 0 radical (unpaired) electrons. The number of aromatic nitrogens is 3. The lowest BCUT2D eigenvalue weighted by Gasteiger charge is -2.23. The average molecular weight is 383 g/mol. The lowest BCUT2D eigenvalue weighted by Crippen LogP contribution is -2.36. The van der Waals surface area contributed by atoms with Crippen LogP contribution in [-0.4, -0.2) is 21.2 Å². The van der Waals surface area contributed by atoms with Crippen LogP contribution in [0, 0.1) is 6.92 Å².